The Hall–Kier alpha value is -1.08. The number of likely N-dealkylation sites (N-methyl/N-ethyl adjacent to an activating group) is 1. The maximum atomic E-state index is 12.2. The van der Waals surface area contributed by atoms with E-state index >= 15 is 0 Å². The lowest BCUT2D eigenvalue weighted by Crippen LogP contribution is -2.40. The van der Waals surface area contributed by atoms with Crippen molar-refractivity contribution < 1.29 is 13.2 Å². The van der Waals surface area contributed by atoms with Gasteiger partial charge >= 0.3 is 0 Å². The molecule has 0 aliphatic carbocycles. The molecule has 0 radical (unpaired) electrons. The summed E-state index contributed by atoms with van der Waals surface area (Å²) in [5.74, 6) is 0.153. The summed E-state index contributed by atoms with van der Waals surface area (Å²) in [6, 6.07) is 5.59. The number of hydrogen-bond donors (Lipinski definition) is 1. The second kappa shape index (κ2) is 6.36. The number of hydrogen-bond acceptors (Lipinski definition) is 4. The molecule has 5 nitrogen and oxygen atoms in total. The standard InChI is InChI=1S/C14H19BrN2O3S/c1-10-7-11(15)3-4-13(10)16-8-14(18)17(2)12-5-6-21(19,20)9-12/h3-4,7,12,16H,5-6,8-9H2,1-2H3/t12-/m0/s1. The van der Waals surface area contributed by atoms with E-state index in [4.69, 9.17) is 0 Å². The molecule has 1 saturated heterocycles. The average Bonchev–Trinajstić information content (AvgIpc) is 2.77. The average molecular weight is 375 g/mol. The molecule has 1 aliphatic heterocycles. The lowest BCUT2D eigenvalue weighted by atomic mass is 10.2. The number of halogens is 1. The van der Waals surface area contributed by atoms with Gasteiger partial charge in [0.05, 0.1) is 18.1 Å². The molecule has 1 aromatic carbocycles. The van der Waals surface area contributed by atoms with Crippen LogP contribution in [-0.4, -0.2) is 50.4 Å². The summed E-state index contributed by atoms with van der Waals surface area (Å²) >= 11 is 3.40. The summed E-state index contributed by atoms with van der Waals surface area (Å²) in [7, 11) is -1.30. The molecule has 0 aromatic heterocycles. The summed E-state index contributed by atoms with van der Waals surface area (Å²) in [5.41, 5.74) is 1.95. The third-order valence-electron chi connectivity index (χ3n) is 3.77. The number of sulfone groups is 1. The quantitative estimate of drug-likeness (QED) is 0.872. The zero-order chi connectivity index (χ0) is 15.6. The van der Waals surface area contributed by atoms with E-state index in [1.165, 1.54) is 0 Å². The fourth-order valence-corrected chi connectivity index (χ4v) is 4.66. The van der Waals surface area contributed by atoms with Crippen LogP contribution in [0.5, 0.6) is 0 Å². The van der Waals surface area contributed by atoms with Crippen molar-refractivity contribution in [2.75, 3.05) is 30.4 Å². The van der Waals surface area contributed by atoms with Crippen LogP contribution in [0.15, 0.2) is 22.7 Å². The van der Waals surface area contributed by atoms with E-state index in [1.54, 1.807) is 11.9 Å². The number of aryl methyl sites for hydroxylation is 1. The van der Waals surface area contributed by atoms with Crippen molar-refractivity contribution in [2.24, 2.45) is 0 Å². The molecule has 2 rings (SSSR count). The minimum absolute atomic E-state index is 0.0759. The fourth-order valence-electron chi connectivity index (χ4n) is 2.41. The van der Waals surface area contributed by atoms with Gasteiger partial charge in [-0.25, -0.2) is 8.42 Å². The molecule has 1 aliphatic rings. The fraction of sp³-hybridized carbons (Fsp3) is 0.500. The monoisotopic (exact) mass is 374 g/mol. The Labute approximate surface area is 133 Å². The van der Waals surface area contributed by atoms with Crippen LogP contribution in [0.4, 0.5) is 5.69 Å². The number of carbonyl (C=O) groups excluding carboxylic acids is 1. The summed E-state index contributed by atoms with van der Waals surface area (Å²) in [5, 5.41) is 3.10. The van der Waals surface area contributed by atoms with Crippen LogP contribution in [0.3, 0.4) is 0 Å². The van der Waals surface area contributed by atoms with Gasteiger partial charge in [0.2, 0.25) is 5.91 Å². The van der Waals surface area contributed by atoms with E-state index in [0.29, 0.717) is 6.42 Å². The number of anilines is 1. The van der Waals surface area contributed by atoms with E-state index in [-0.39, 0.29) is 30.0 Å². The van der Waals surface area contributed by atoms with Gasteiger partial charge in [-0.3, -0.25) is 4.79 Å². The highest BCUT2D eigenvalue weighted by molar-refractivity contribution is 9.10. The van der Waals surface area contributed by atoms with Crippen molar-refractivity contribution in [3.63, 3.8) is 0 Å². The third-order valence-corrected chi connectivity index (χ3v) is 6.01. The van der Waals surface area contributed by atoms with Crippen LogP contribution in [-0.2, 0) is 14.6 Å². The van der Waals surface area contributed by atoms with Crippen molar-refractivity contribution in [1.29, 1.82) is 0 Å². The van der Waals surface area contributed by atoms with Crippen molar-refractivity contribution in [1.82, 2.24) is 4.90 Å². The lowest BCUT2D eigenvalue weighted by molar-refractivity contribution is -0.129. The van der Waals surface area contributed by atoms with E-state index in [9.17, 15) is 13.2 Å². The van der Waals surface area contributed by atoms with Gasteiger partial charge in [0.25, 0.3) is 0 Å². The van der Waals surface area contributed by atoms with Gasteiger partial charge in [-0.1, -0.05) is 15.9 Å². The maximum Gasteiger partial charge on any atom is 0.241 e. The first-order valence-corrected chi connectivity index (χ1v) is 9.36. The first-order valence-electron chi connectivity index (χ1n) is 6.74. The molecule has 1 fully saturated rings. The number of nitrogens with one attached hydrogen (secondary N) is 1. The predicted octanol–water partition coefficient (Wildman–Crippen LogP) is 1.81. The van der Waals surface area contributed by atoms with Crippen molar-refractivity contribution in [3.05, 3.63) is 28.2 Å². The number of rotatable bonds is 4. The van der Waals surface area contributed by atoms with Crippen molar-refractivity contribution in [2.45, 2.75) is 19.4 Å². The SMILES string of the molecule is Cc1cc(Br)ccc1NCC(=O)N(C)[C@H]1CCS(=O)(=O)C1. The molecule has 1 amide bonds. The molecule has 1 atom stereocenters. The van der Waals surface area contributed by atoms with Gasteiger partial charge in [-0.05, 0) is 37.1 Å². The Morgan fingerprint density at radius 1 is 1.48 bits per heavy atom. The molecular weight excluding hydrogens is 356 g/mol. The second-order valence-corrected chi connectivity index (χ2v) is 8.52. The summed E-state index contributed by atoms with van der Waals surface area (Å²) in [6.45, 7) is 2.13. The summed E-state index contributed by atoms with van der Waals surface area (Å²) < 4.78 is 23.9. The number of amides is 1. The van der Waals surface area contributed by atoms with Crippen LogP contribution in [0.2, 0.25) is 0 Å². The van der Waals surface area contributed by atoms with Gasteiger partial charge in [0, 0.05) is 23.2 Å². The Morgan fingerprint density at radius 3 is 2.76 bits per heavy atom. The number of nitrogens with zero attached hydrogens (tertiary/aromatic N) is 1. The molecule has 1 N–H and O–H groups in total. The van der Waals surface area contributed by atoms with Crippen LogP contribution >= 0.6 is 15.9 Å². The molecule has 0 spiro atoms. The molecule has 116 valence electrons. The number of benzene rings is 1. The Balaban J connectivity index is 1.92. The van der Waals surface area contributed by atoms with E-state index in [1.807, 2.05) is 25.1 Å². The lowest BCUT2D eigenvalue weighted by Gasteiger charge is -2.24. The summed E-state index contributed by atoms with van der Waals surface area (Å²) in [4.78, 5) is 13.7. The third kappa shape index (κ3) is 4.20. The van der Waals surface area contributed by atoms with Gasteiger partial charge in [0.1, 0.15) is 0 Å². The summed E-state index contributed by atoms with van der Waals surface area (Å²) in [6.07, 6.45) is 0.530. The van der Waals surface area contributed by atoms with Crippen LogP contribution in [0, 0.1) is 6.92 Å². The Bertz CT molecular complexity index is 646. The molecule has 1 aromatic rings. The maximum absolute atomic E-state index is 12.2. The van der Waals surface area contributed by atoms with Crippen LogP contribution in [0.1, 0.15) is 12.0 Å². The second-order valence-electron chi connectivity index (χ2n) is 5.37. The minimum atomic E-state index is -2.97. The predicted molar refractivity (Wildman–Crippen MR) is 87.2 cm³/mol. The Morgan fingerprint density at radius 2 is 2.19 bits per heavy atom. The molecule has 0 saturated carbocycles. The van der Waals surface area contributed by atoms with Gasteiger partial charge in [0.15, 0.2) is 9.84 Å². The highest BCUT2D eigenvalue weighted by atomic mass is 79.9. The first-order chi connectivity index (χ1) is 9.78. The van der Waals surface area contributed by atoms with Crippen LogP contribution in [0.25, 0.3) is 0 Å². The van der Waals surface area contributed by atoms with Crippen molar-refractivity contribution in [3.8, 4) is 0 Å². The molecule has 7 heteroatoms. The molecule has 0 bridgehead atoms. The van der Waals surface area contributed by atoms with E-state index in [0.717, 1.165) is 15.7 Å². The minimum Gasteiger partial charge on any atom is -0.376 e. The molecule has 21 heavy (non-hydrogen) atoms. The largest absolute Gasteiger partial charge is 0.376 e. The highest BCUT2D eigenvalue weighted by Crippen LogP contribution is 2.20. The van der Waals surface area contributed by atoms with Gasteiger partial charge in [-0.15, -0.1) is 0 Å². The first kappa shape index (κ1) is 16.3. The van der Waals surface area contributed by atoms with Gasteiger partial charge in [-0.2, -0.15) is 0 Å². The Kier molecular flexibility index (Phi) is 4.93. The highest BCUT2D eigenvalue weighted by Gasteiger charge is 2.32. The molecular formula is C14H19BrN2O3S. The molecule has 1 heterocycles. The van der Waals surface area contributed by atoms with Crippen LogP contribution < -0.4 is 5.32 Å². The smallest absolute Gasteiger partial charge is 0.241 e. The normalized spacial score (nSPS) is 20.2. The topological polar surface area (TPSA) is 66.5 Å². The zero-order valence-electron chi connectivity index (χ0n) is 12.1. The molecule has 0 unspecified atom stereocenters. The van der Waals surface area contributed by atoms with Gasteiger partial charge < -0.3 is 10.2 Å². The van der Waals surface area contributed by atoms with E-state index < -0.39 is 9.84 Å². The van der Waals surface area contributed by atoms with E-state index in [2.05, 4.69) is 21.2 Å². The number of carbonyl (C=O) groups is 1. The zero-order valence-corrected chi connectivity index (χ0v) is 14.5. The van der Waals surface area contributed by atoms with Crippen molar-refractivity contribution >= 4 is 37.4 Å².